The molecular weight excluding hydrogens is 348 g/mol. The summed E-state index contributed by atoms with van der Waals surface area (Å²) in [5.74, 6) is 0.623. The number of hydrogen-bond acceptors (Lipinski definition) is 5. The molecule has 1 aliphatic heterocycles. The molecule has 2 heterocycles. The zero-order valence-corrected chi connectivity index (χ0v) is 14.7. The van der Waals surface area contributed by atoms with Gasteiger partial charge in [-0.05, 0) is 18.2 Å². The minimum atomic E-state index is -0.433. The number of ether oxygens (including phenoxy) is 3. The van der Waals surface area contributed by atoms with Gasteiger partial charge < -0.3 is 24.1 Å². The van der Waals surface area contributed by atoms with Crippen LogP contribution < -0.4 is 14.8 Å². The van der Waals surface area contributed by atoms with Crippen LogP contribution in [0, 0.1) is 0 Å². The number of rotatable bonds is 4. The summed E-state index contributed by atoms with van der Waals surface area (Å²) in [7, 11) is 1.34. The van der Waals surface area contributed by atoms with Crippen LogP contribution in [0.3, 0.4) is 0 Å². The van der Waals surface area contributed by atoms with E-state index in [4.69, 9.17) is 14.2 Å². The second kappa shape index (κ2) is 7.03. The molecule has 1 aromatic heterocycles. The van der Waals surface area contributed by atoms with E-state index in [0.29, 0.717) is 36.0 Å². The first-order valence-electron chi connectivity index (χ1n) is 8.51. The number of nitrogens with one attached hydrogen (secondary N) is 1. The quantitative estimate of drug-likeness (QED) is 0.719. The highest BCUT2D eigenvalue weighted by Gasteiger charge is 2.17. The predicted octanol–water partition coefficient (Wildman–Crippen LogP) is 2.84. The van der Waals surface area contributed by atoms with Crippen molar-refractivity contribution in [3.05, 3.63) is 54.2 Å². The van der Waals surface area contributed by atoms with Crippen molar-refractivity contribution in [1.29, 1.82) is 0 Å². The zero-order valence-electron chi connectivity index (χ0n) is 14.7. The molecular formula is C20H18N2O5. The van der Waals surface area contributed by atoms with Gasteiger partial charge in [0.15, 0.2) is 11.5 Å². The molecule has 3 aromatic rings. The highest BCUT2D eigenvalue weighted by molar-refractivity contribution is 6.05. The van der Waals surface area contributed by atoms with Gasteiger partial charge in [-0.1, -0.05) is 18.2 Å². The predicted molar refractivity (Wildman–Crippen MR) is 99.3 cm³/mol. The summed E-state index contributed by atoms with van der Waals surface area (Å²) >= 11 is 0. The van der Waals surface area contributed by atoms with E-state index in [1.165, 1.54) is 7.11 Å². The van der Waals surface area contributed by atoms with Crippen molar-refractivity contribution in [3.63, 3.8) is 0 Å². The molecule has 0 unspecified atom stereocenters. The van der Waals surface area contributed by atoms with Crippen LogP contribution in [0.1, 0.15) is 10.4 Å². The second-order valence-electron chi connectivity index (χ2n) is 6.09. The van der Waals surface area contributed by atoms with Crippen molar-refractivity contribution in [3.8, 4) is 11.5 Å². The van der Waals surface area contributed by atoms with E-state index >= 15 is 0 Å². The molecule has 4 rings (SSSR count). The molecule has 1 N–H and O–H groups in total. The Labute approximate surface area is 155 Å². The SMILES string of the molecule is COC(=O)c1cn(CC(=O)Nc2ccc3c(c2)OCCO3)c2ccccc12. The Morgan fingerprint density at radius 3 is 2.70 bits per heavy atom. The first-order valence-corrected chi connectivity index (χ1v) is 8.51. The van der Waals surface area contributed by atoms with Gasteiger partial charge in [-0.15, -0.1) is 0 Å². The van der Waals surface area contributed by atoms with Gasteiger partial charge in [0.25, 0.3) is 0 Å². The topological polar surface area (TPSA) is 78.8 Å². The van der Waals surface area contributed by atoms with Crippen LogP contribution >= 0.6 is 0 Å². The number of para-hydroxylation sites is 1. The summed E-state index contributed by atoms with van der Waals surface area (Å²) in [6.07, 6.45) is 1.64. The Balaban J connectivity index is 1.55. The highest BCUT2D eigenvalue weighted by Crippen LogP contribution is 2.32. The summed E-state index contributed by atoms with van der Waals surface area (Å²) < 4.78 is 17.6. The number of aromatic nitrogens is 1. The van der Waals surface area contributed by atoms with E-state index in [9.17, 15) is 9.59 Å². The summed E-state index contributed by atoms with van der Waals surface area (Å²) in [4.78, 5) is 24.5. The molecule has 0 fully saturated rings. The Hall–Kier alpha value is -3.48. The summed E-state index contributed by atoms with van der Waals surface area (Å²) in [5, 5.41) is 3.59. The van der Waals surface area contributed by atoms with E-state index in [1.54, 1.807) is 29.0 Å². The standard InChI is InChI=1S/C20H18N2O5/c1-25-20(24)15-11-22(16-5-3-2-4-14(15)16)12-19(23)21-13-6-7-17-18(10-13)27-9-8-26-17/h2-7,10-11H,8-9,12H2,1H3,(H,21,23). The third-order valence-electron chi connectivity index (χ3n) is 4.33. The number of benzene rings is 2. The fourth-order valence-corrected chi connectivity index (χ4v) is 3.13. The Morgan fingerprint density at radius 2 is 1.89 bits per heavy atom. The third kappa shape index (κ3) is 3.31. The summed E-state index contributed by atoms with van der Waals surface area (Å²) in [5.41, 5.74) is 1.84. The number of hydrogen-bond donors (Lipinski definition) is 1. The van der Waals surface area contributed by atoms with E-state index in [0.717, 1.165) is 10.9 Å². The van der Waals surface area contributed by atoms with Crippen LogP contribution in [-0.4, -0.2) is 36.8 Å². The van der Waals surface area contributed by atoms with Crippen LogP contribution in [0.2, 0.25) is 0 Å². The number of carbonyl (C=O) groups excluding carboxylic acids is 2. The average Bonchev–Trinajstić information content (AvgIpc) is 3.06. The lowest BCUT2D eigenvalue weighted by molar-refractivity contribution is -0.116. The molecule has 1 amide bonds. The molecule has 7 heteroatoms. The maximum absolute atomic E-state index is 12.5. The Morgan fingerprint density at radius 1 is 1.11 bits per heavy atom. The summed E-state index contributed by atoms with van der Waals surface area (Å²) in [6, 6.07) is 12.7. The molecule has 0 saturated carbocycles. The lowest BCUT2D eigenvalue weighted by Gasteiger charge is -2.19. The van der Waals surface area contributed by atoms with Crippen molar-refractivity contribution in [1.82, 2.24) is 4.57 Å². The molecule has 7 nitrogen and oxygen atoms in total. The number of amides is 1. The Kier molecular flexibility index (Phi) is 4.42. The largest absolute Gasteiger partial charge is 0.486 e. The number of anilines is 1. The maximum atomic E-state index is 12.5. The normalized spacial score (nSPS) is 12.6. The van der Waals surface area contributed by atoms with Crippen molar-refractivity contribution >= 4 is 28.5 Å². The number of carbonyl (C=O) groups is 2. The average molecular weight is 366 g/mol. The van der Waals surface area contributed by atoms with Gasteiger partial charge in [0.1, 0.15) is 19.8 Å². The number of nitrogens with zero attached hydrogens (tertiary/aromatic N) is 1. The van der Waals surface area contributed by atoms with Gasteiger partial charge in [0.2, 0.25) is 5.91 Å². The van der Waals surface area contributed by atoms with Gasteiger partial charge in [-0.3, -0.25) is 4.79 Å². The second-order valence-corrected chi connectivity index (χ2v) is 6.09. The molecule has 2 aromatic carbocycles. The van der Waals surface area contributed by atoms with Crippen LogP contribution in [0.25, 0.3) is 10.9 Å². The molecule has 0 atom stereocenters. The smallest absolute Gasteiger partial charge is 0.340 e. The molecule has 0 saturated heterocycles. The van der Waals surface area contributed by atoms with Gasteiger partial charge in [-0.2, -0.15) is 0 Å². The molecule has 0 radical (unpaired) electrons. The lowest BCUT2D eigenvalue weighted by Crippen LogP contribution is -2.19. The monoisotopic (exact) mass is 366 g/mol. The number of fused-ring (bicyclic) bond motifs is 2. The number of esters is 1. The highest BCUT2D eigenvalue weighted by atomic mass is 16.6. The van der Waals surface area contributed by atoms with E-state index in [2.05, 4.69) is 5.32 Å². The van der Waals surface area contributed by atoms with Crippen LogP contribution in [0.15, 0.2) is 48.7 Å². The molecule has 0 aliphatic carbocycles. The zero-order chi connectivity index (χ0) is 18.8. The van der Waals surface area contributed by atoms with E-state index in [1.807, 2.05) is 24.3 Å². The maximum Gasteiger partial charge on any atom is 0.340 e. The van der Waals surface area contributed by atoms with Crippen molar-refractivity contribution in [2.45, 2.75) is 6.54 Å². The van der Waals surface area contributed by atoms with Gasteiger partial charge in [-0.25, -0.2) is 4.79 Å². The van der Waals surface area contributed by atoms with Crippen molar-refractivity contribution in [2.24, 2.45) is 0 Å². The van der Waals surface area contributed by atoms with Crippen LogP contribution in [-0.2, 0) is 16.1 Å². The van der Waals surface area contributed by atoms with Crippen molar-refractivity contribution in [2.75, 3.05) is 25.6 Å². The lowest BCUT2D eigenvalue weighted by atomic mass is 10.2. The first-order chi connectivity index (χ1) is 13.2. The fourth-order valence-electron chi connectivity index (χ4n) is 3.13. The Bertz CT molecular complexity index is 1020. The van der Waals surface area contributed by atoms with E-state index in [-0.39, 0.29) is 12.5 Å². The van der Waals surface area contributed by atoms with Crippen LogP contribution in [0.5, 0.6) is 11.5 Å². The first kappa shape index (κ1) is 17.0. The molecule has 0 spiro atoms. The fraction of sp³-hybridized carbons (Fsp3) is 0.200. The van der Waals surface area contributed by atoms with Gasteiger partial charge in [0, 0.05) is 28.9 Å². The molecule has 138 valence electrons. The minimum absolute atomic E-state index is 0.0615. The molecule has 1 aliphatic rings. The minimum Gasteiger partial charge on any atom is -0.486 e. The molecule has 27 heavy (non-hydrogen) atoms. The van der Waals surface area contributed by atoms with E-state index < -0.39 is 5.97 Å². The summed E-state index contributed by atoms with van der Waals surface area (Å²) in [6.45, 7) is 1.06. The van der Waals surface area contributed by atoms with Crippen LogP contribution in [0.4, 0.5) is 5.69 Å². The van der Waals surface area contributed by atoms with Gasteiger partial charge in [0.05, 0.1) is 12.7 Å². The number of methoxy groups -OCH3 is 1. The molecule has 0 bridgehead atoms. The van der Waals surface area contributed by atoms with Crippen molar-refractivity contribution < 1.29 is 23.8 Å². The third-order valence-corrected chi connectivity index (χ3v) is 4.33. The van der Waals surface area contributed by atoms with Gasteiger partial charge >= 0.3 is 5.97 Å².